The topological polar surface area (TPSA) is 0 Å². The molecule has 1 aromatic carbocycles. The zero-order valence-corrected chi connectivity index (χ0v) is 7.22. The summed E-state index contributed by atoms with van der Waals surface area (Å²) >= 11 is 0. The molecule has 0 saturated carbocycles. The van der Waals surface area contributed by atoms with Crippen LogP contribution in [0.4, 0.5) is 0 Å². The van der Waals surface area contributed by atoms with Gasteiger partial charge >= 0.3 is 0 Å². The first-order chi connectivity index (χ1) is 3.00. The number of rotatable bonds is 0. The van der Waals surface area contributed by atoms with E-state index in [4.69, 9.17) is 0 Å². The van der Waals surface area contributed by atoms with Crippen molar-refractivity contribution in [3.05, 3.63) is 36.4 Å². The van der Waals surface area contributed by atoms with Crippen LogP contribution < -0.4 is 17.0 Å². The van der Waals surface area contributed by atoms with Crippen LogP contribution in [0.3, 0.4) is 0 Å². The largest absolute Gasteiger partial charge is 1.00 e. The van der Waals surface area contributed by atoms with Gasteiger partial charge in [-0.15, -0.1) is 0 Å². The molecule has 0 amide bonds. The van der Waals surface area contributed by atoms with Gasteiger partial charge in [0.25, 0.3) is 0 Å². The third-order valence-corrected chi connectivity index (χ3v) is 0.607. The molecule has 0 N–H and O–H groups in total. The monoisotopic (exact) mass is 262 g/mol. The number of halogens is 1. The normalized spacial score (nSPS) is 6.00. The molecular formula is C6H5BrPd-. The Labute approximate surface area is 73.7 Å². The van der Waals surface area contributed by atoms with Gasteiger partial charge in [-0.05, 0) is 6.07 Å². The van der Waals surface area contributed by atoms with Gasteiger partial charge in [-0.25, -0.2) is 0 Å². The minimum absolute atomic E-state index is 0. The first-order valence-electron chi connectivity index (χ1n) is 1.91. The van der Waals surface area contributed by atoms with Gasteiger partial charge in [-0.1, -0.05) is 30.3 Å². The molecule has 0 spiro atoms. The van der Waals surface area contributed by atoms with Crippen LogP contribution in [0, 0.1) is 6.07 Å². The van der Waals surface area contributed by atoms with Gasteiger partial charge in [-0.2, -0.15) is 0 Å². The van der Waals surface area contributed by atoms with Gasteiger partial charge in [0.1, 0.15) is 0 Å². The van der Waals surface area contributed by atoms with Crippen LogP contribution in [0.2, 0.25) is 0 Å². The molecule has 0 bridgehead atoms. The third kappa shape index (κ3) is 4.52. The summed E-state index contributed by atoms with van der Waals surface area (Å²) in [7, 11) is 0. The summed E-state index contributed by atoms with van der Waals surface area (Å²) in [6, 6.07) is 12.5. The summed E-state index contributed by atoms with van der Waals surface area (Å²) in [4.78, 5) is 0. The molecule has 1 rings (SSSR count). The number of hydrogen-bond donors (Lipinski definition) is 0. The molecule has 0 aromatic heterocycles. The van der Waals surface area contributed by atoms with E-state index in [9.17, 15) is 0 Å². The summed E-state index contributed by atoms with van der Waals surface area (Å²) in [5.74, 6) is 0. The van der Waals surface area contributed by atoms with Crippen molar-refractivity contribution in [3.8, 4) is 0 Å². The van der Waals surface area contributed by atoms with E-state index >= 15 is 0 Å². The quantitative estimate of drug-likeness (QED) is 0.499. The predicted molar refractivity (Wildman–Crippen MR) is 25.3 cm³/mol. The Balaban J connectivity index is 0. The molecule has 0 nitrogen and oxygen atoms in total. The van der Waals surface area contributed by atoms with E-state index in [1.165, 1.54) is 0 Å². The van der Waals surface area contributed by atoms with Crippen molar-refractivity contribution in [2.45, 2.75) is 0 Å². The maximum atomic E-state index is 2.89. The molecular weight excluding hydrogens is 258 g/mol. The van der Waals surface area contributed by atoms with Crippen molar-refractivity contribution in [1.29, 1.82) is 0 Å². The Bertz CT molecular complexity index is 80.5. The summed E-state index contributed by atoms with van der Waals surface area (Å²) in [6.07, 6.45) is 0. The molecule has 0 heterocycles. The zero-order valence-electron chi connectivity index (χ0n) is 4.08. The first kappa shape index (κ1) is 11.2. The van der Waals surface area contributed by atoms with E-state index < -0.39 is 0 Å². The molecule has 0 unspecified atom stereocenters. The first-order valence-corrected chi connectivity index (χ1v) is 1.91. The van der Waals surface area contributed by atoms with Gasteiger partial charge in [0.2, 0.25) is 0 Å². The summed E-state index contributed by atoms with van der Waals surface area (Å²) < 4.78 is 0. The van der Waals surface area contributed by atoms with Crippen molar-refractivity contribution >= 4 is 0 Å². The van der Waals surface area contributed by atoms with E-state index in [0.717, 1.165) is 0 Å². The Morgan fingerprint density at radius 1 is 0.875 bits per heavy atom. The van der Waals surface area contributed by atoms with Crippen LogP contribution in [0.1, 0.15) is 0 Å². The Morgan fingerprint density at radius 2 is 1.38 bits per heavy atom. The molecule has 8 heavy (non-hydrogen) atoms. The van der Waals surface area contributed by atoms with Gasteiger partial charge < -0.3 is 17.0 Å². The van der Waals surface area contributed by atoms with Crippen LogP contribution in [-0.4, -0.2) is 0 Å². The second kappa shape index (κ2) is 7.36. The Hall–Kier alpha value is 0.362. The summed E-state index contributed by atoms with van der Waals surface area (Å²) in [5.41, 5.74) is 0. The molecule has 1 radical (unpaired) electrons. The van der Waals surface area contributed by atoms with Crippen LogP contribution in [-0.2, 0) is 20.4 Å². The molecule has 47 valence electrons. The van der Waals surface area contributed by atoms with Gasteiger partial charge in [0.05, 0.1) is 0 Å². The number of hydrogen-bond acceptors (Lipinski definition) is 0. The predicted octanol–water partition coefficient (Wildman–Crippen LogP) is -1.51. The average Bonchev–Trinajstić information content (AvgIpc) is 1.72. The molecule has 1 aromatic rings. The van der Waals surface area contributed by atoms with Crippen molar-refractivity contribution in [1.82, 2.24) is 0 Å². The van der Waals surface area contributed by atoms with Crippen molar-refractivity contribution < 1.29 is 37.4 Å². The standard InChI is InChI=1S/C6H5.BrH.Pd/c1-2-4-6-5-3-1;;/h1-5H;1H;/p-1. The minimum atomic E-state index is 0. The Morgan fingerprint density at radius 3 is 1.50 bits per heavy atom. The second-order valence-electron chi connectivity index (χ2n) is 1.08. The molecule has 0 aliphatic heterocycles. The van der Waals surface area contributed by atoms with E-state index in [0.29, 0.717) is 0 Å². The molecule has 0 atom stereocenters. The van der Waals surface area contributed by atoms with Crippen LogP contribution in [0.25, 0.3) is 0 Å². The summed E-state index contributed by atoms with van der Waals surface area (Å²) in [6.45, 7) is 0. The second-order valence-corrected chi connectivity index (χ2v) is 1.08. The van der Waals surface area contributed by atoms with Crippen molar-refractivity contribution in [2.24, 2.45) is 0 Å². The maximum Gasteiger partial charge on any atom is 0 e. The maximum absolute atomic E-state index is 2.89. The van der Waals surface area contributed by atoms with Gasteiger partial charge in [0.15, 0.2) is 0 Å². The zero-order chi connectivity index (χ0) is 4.24. The third-order valence-electron chi connectivity index (χ3n) is 0.607. The molecule has 0 aliphatic carbocycles. The molecule has 0 fully saturated rings. The van der Waals surface area contributed by atoms with E-state index in [-0.39, 0.29) is 37.4 Å². The van der Waals surface area contributed by atoms with Gasteiger partial charge in [-0.3, -0.25) is 0 Å². The average molecular weight is 263 g/mol. The number of benzene rings is 1. The van der Waals surface area contributed by atoms with E-state index in [1.807, 2.05) is 30.3 Å². The molecule has 0 aliphatic rings. The molecule has 0 saturated heterocycles. The fourth-order valence-corrected chi connectivity index (χ4v) is 0.342. The van der Waals surface area contributed by atoms with E-state index in [1.54, 1.807) is 0 Å². The molecule has 2 heteroatoms. The Kier molecular flexibility index (Phi) is 10.3. The van der Waals surface area contributed by atoms with Crippen LogP contribution >= 0.6 is 0 Å². The fraction of sp³-hybridized carbons (Fsp3) is 0. The van der Waals surface area contributed by atoms with E-state index in [2.05, 4.69) is 6.07 Å². The fourth-order valence-electron chi connectivity index (χ4n) is 0.342. The van der Waals surface area contributed by atoms with Crippen LogP contribution in [0.5, 0.6) is 0 Å². The van der Waals surface area contributed by atoms with Gasteiger partial charge in [0, 0.05) is 20.4 Å². The SMILES string of the molecule is [Br-].[Pd].[c]1ccccc1. The minimum Gasteiger partial charge on any atom is -1.00 e. The van der Waals surface area contributed by atoms with Crippen molar-refractivity contribution in [2.75, 3.05) is 0 Å². The van der Waals surface area contributed by atoms with Crippen LogP contribution in [0.15, 0.2) is 30.3 Å². The summed E-state index contributed by atoms with van der Waals surface area (Å²) in [5, 5.41) is 0. The smallest absolute Gasteiger partial charge is 0 e. The van der Waals surface area contributed by atoms with Crippen molar-refractivity contribution in [3.63, 3.8) is 0 Å².